The zero-order valence-electron chi connectivity index (χ0n) is 12.1. The number of nitrogens with zero attached hydrogens (tertiary/aromatic N) is 1. The van der Waals surface area contributed by atoms with Crippen LogP contribution in [0.5, 0.6) is 0 Å². The molecule has 0 bridgehead atoms. The monoisotopic (exact) mass is 364 g/mol. The van der Waals surface area contributed by atoms with Crippen LogP contribution in [-0.4, -0.2) is 37.1 Å². The van der Waals surface area contributed by atoms with Crippen LogP contribution >= 0.6 is 27.3 Å². The van der Waals surface area contributed by atoms with Crippen molar-refractivity contribution in [2.24, 2.45) is 0 Å². The molecule has 0 aliphatic carbocycles. The van der Waals surface area contributed by atoms with Crippen LogP contribution in [0, 0.1) is 0 Å². The summed E-state index contributed by atoms with van der Waals surface area (Å²) in [5.74, 6) is 0. The molecule has 4 heteroatoms. The lowest BCUT2D eigenvalue weighted by atomic mass is 10.0. The van der Waals surface area contributed by atoms with Gasteiger partial charge in [0.2, 0.25) is 0 Å². The molecule has 1 unspecified atom stereocenters. The minimum atomic E-state index is 0.580. The molecule has 1 N–H and O–H groups in total. The van der Waals surface area contributed by atoms with Crippen LogP contribution in [0.25, 0.3) is 0 Å². The molecule has 1 aromatic heterocycles. The quantitative estimate of drug-likeness (QED) is 0.872. The van der Waals surface area contributed by atoms with Gasteiger partial charge in [-0.05, 0) is 46.5 Å². The first-order valence-corrected chi connectivity index (χ1v) is 9.14. The Labute approximate surface area is 139 Å². The van der Waals surface area contributed by atoms with Gasteiger partial charge in [-0.25, -0.2) is 0 Å². The van der Waals surface area contributed by atoms with Gasteiger partial charge in [-0.15, -0.1) is 11.3 Å². The van der Waals surface area contributed by atoms with E-state index in [0.717, 1.165) is 32.5 Å². The molecule has 1 aliphatic rings. The summed E-state index contributed by atoms with van der Waals surface area (Å²) in [6.07, 6.45) is 2.29. The van der Waals surface area contributed by atoms with Gasteiger partial charge in [0.15, 0.2) is 0 Å². The van der Waals surface area contributed by atoms with Gasteiger partial charge in [0.05, 0.1) is 3.79 Å². The van der Waals surface area contributed by atoms with Crippen LogP contribution in [0.3, 0.4) is 0 Å². The number of hydrogen-bond donors (Lipinski definition) is 1. The maximum Gasteiger partial charge on any atom is 0.0701 e. The van der Waals surface area contributed by atoms with Gasteiger partial charge in [0.25, 0.3) is 0 Å². The summed E-state index contributed by atoms with van der Waals surface area (Å²) in [5, 5.41) is 3.65. The molecule has 0 amide bonds. The Morgan fingerprint density at radius 2 is 2.05 bits per heavy atom. The summed E-state index contributed by atoms with van der Waals surface area (Å²) in [6.45, 7) is 4.59. The molecule has 1 atom stereocenters. The van der Waals surface area contributed by atoms with E-state index in [1.807, 2.05) is 11.3 Å². The Hall–Kier alpha value is -0.680. The fraction of sp³-hybridized carbons (Fsp3) is 0.412. The summed E-state index contributed by atoms with van der Waals surface area (Å²) in [6, 6.07) is 15.8. The predicted octanol–water partition coefficient (Wildman–Crippen LogP) is 3.57. The lowest BCUT2D eigenvalue weighted by Crippen LogP contribution is -2.51. The number of hydrogen-bond acceptors (Lipinski definition) is 3. The van der Waals surface area contributed by atoms with Crippen molar-refractivity contribution in [1.82, 2.24) is 10.2 Å². The summed E-state index contributed by atoms with van der Waals surface area (Å²) >= 11 is 5.39. The van der Waals surface area contributed by atoms with Gasteiger partial charge in [-0.1, -0.05) is 30.3 Å². The van der Waals surface area contributed by atoms with Crippen molar-refractivity contribution in [3.63, 3.8) is 0 Å². The van der Waals surface area contributed by atoms with Crippen molar-refractivity contribution in [3.05, 3.63) is 56.7 Å². The molecular formula is C17H21BrN2S. The van der Waals surface area contributed by atoms with Gasteiger partial charge in [-0.3, -0.25) is 0 Å². The van der Waals surface area contributed by atoms with E-state index in [2.05, 4.69) is 68.6 Å². The number of piperazine rings is 1. The number of benzene rings is 1. The van der Waals surface area contributed by atoms with Crippen LogP contribution in [0.15, 0.2) is 46.3 Å². The van der Waals surface area contributed by atoms with Gasteiger partial charge < -0.3 is 10.2 Å². The third-order valence-electron chi connectivity index (χ3n) is 3.97. The average molecular weight is 365 g/mol. The second-order valence-corrected chi connectivity index (χ2v) is 8.14. The lowest BCUT2D eigenvalue weighted by Gasteiger charge is -2.33. The van der Waals surface area contributed by atoms with Crippen LogP contribution in [0.4, 0.5) is 0 Å². The third-order valence-corrected chi connectivity index (χ3v) is 5.65. The van der Waals surface area contributed by atoms with Crippen molar-refractivity contribution >= 4 is 27.3 Å². The molecule has 1 fully saturated rings. The first kappa shape index (κ1) is 15.2. The number of rotatable bonds is 5. The highest BCUT2D eigenvalue weighted by atomic mass is 79.9. The Bertz CT molecular complexity index is 555. The van der Waals surface area contributed by atoms with E-state index in [0.29, 0.717) is 6.04 Å². The SMILES string of the molecule is Brc1ccc(CCN2CCNC(Cc3ccccc3)C2)s1. The minimum Gasteiger partial charge on any atom is -0.311 e. The van der Waals surface area contributed by atoms with E-state index < -0.39 is 0 Å². The summed E-state index contributed by atoms with van der Waals surface area (Å²) in [7, 11) is 0. The van der Waals surface area contributed by atoms with Crippen molar-refractivity contribution in [2.75, 3.05) is 26.2 Å². The summed E-state index contributed by atoms with van der Waals surface area (Å²) < 4.78 is 1.24. The van der Waals surface area contributed by atoms with Crippen LogP contribution in [0.2, 0.25) is 0 Å². The van der Waals surface area contributed by atoms with Crippen LogP contribution < -0.4 is 5.32 Å². The Morgan fingerprint density at radius 1 is 1.19 bits per heavy atom. The normalized spacial score (nSPS) is 19.8. The molecule has 2 aromatic rings. The van der Waals surface area contributed by atoms with E-state index in [9.17, 15) is 0 Å². The average Bonchev–Trinajstić information content (AvgIpc) is 2.92. The van der Waals surface area contributed by atoms with Crippen molar-refractivity contribution < 1.29 is 0 Å². The van der Waals surface area contributed by atoms with Gasteiger partial charge in [0.1, 0.15) is 0 Å². The maximum absolute atomic E-state index is 3.65. The van der Waals surface area contributed by atoms with E-state index in [1.54, 1.807) is 0 Å². The smallest absolute Gasteiger partial charge is 0.0701 e. The van der Waals surface area contributed by atoms with E-state index in [1.165, 1.54) is 20.8 Å². The number of nitrogens with one attached hydrogen (secondary N) is 1. The molecule has 1 aliphatic heterocycles. The second-order valence-electron chi connectivity index (χ2n) is 5.60. The standard InChI is InChI=1S/C17H21BrN2S/c18-17-7-6-16(21-17)8-10-20-11-9-19-15(13-20)12-14-4-2-1-3-5-14/h1-7,15,19H,8-13H2. The number of thiophene rings is 1. The highest BCUT2D eigenvalue weighted by molar-refractivity contribution is 9.11. The van der Waals surface area contributed by atoms with E-state index in [4.69, 9.17) is 0 Å². The lowest BCUT2D eigenvalue weighted by molar-refractivity contribution is 0.201. The van der Waals surface area contributed by atoms with Crippen LogP contribution in [-0.2, 0) is 12.8 Å². The molecule has 1 aromatic carbocycles. The first-order chi connectivity index (χ1) is 10.3. The zero-order valence-corrected chi connectivity index (χ0v) is 14.5. The van der Waals surface area contributed by atoms with E-state index >= 15 is 0 Å². The predicted molar refractivity (Wildman–Crippen MR) is 94.1 cm³/mol. The first-order valence-electron chi connectivity index (χ1n) is 7.53. The van der Waals surface area contributed by atoms with Crippen molar-refractivity contribution in [3.8, 4) is 0 Å². The third kappa shape index (κ3) is 4.65. The van der Waals surface area contributed by atoms with Crippen molar-refractivity contribution in [2.45, 2.75) is 18.9 Å². The minimum absolute atomic E-state index is 0.580. The molecule has 21 heavy (non-hydrogen) atoms. The maximum atomic E-state index is 3.65. The van der Waals surface area contributed by atoms with Crippen molar-refractivity contribution in [1.29, 1.82) is 0 Å². The molecule has 1 saturated heterocycles. The molecule has 0 spiro atoms. The topological polar surface area (TPSA) is 15.3 Å². The molecule has 2 heterocycles. The fourth-order valence-corrected chi connectivity index (χ4v) is 4.36. The van der Waals surface area contributed by atoms with Crippen LogP contribution in [0.1, 0.15) is 10.4 Å². The summed E-state index contributed by atoms with van der Waals surface area (Å²) in [4.78, 5) is 4.07. The van der Waals surface area contributed by atoms with Gasteiger partial charge in [0, 0.05) is 37.1 Å². The Balaban J connectivity index is 1.49. The van der Waals surface area contributed by atoms with Gasteiger partial charge >= 0.3 is 0 Å². The summed E-state index contributed by atoms with van der Waals surface area (Å²) in [5.41, 5.74) is 1.43. The highest BCUT2D eigenvalue weighted by Gasteiger charge is 2.19. The Kier molecular flexibility index (Phi) is 5.47. The molecule has 3 rings (SSSR count). The molecule has 2 nitrogen and oxygen atoms in total. The molecular weight excluding hydrogens is 344 g/mol. The highest BCUT2D eigenvalue weighted by Crippen LogP contribution is 2.22. The second kappa shape index (κ2) is 7.54. The molecule has 0 saturated carbocycles. The largest absolute Gasteiger partial charge is 0.311 e. The molecule has 0 radical (unpaired) electrons. The fourth-order valence-electron chi connectivity index (χ4n) is 2.89. The van der Waals surface area contributed by atoms with E-state index in [-0.39, 0.29) is 0 Å². The number of halogens is 1. The molecule has 112 valence electrons. The zero-order chi connectivity index (χ0) is 14.5. The Morgan fingerprint density at radius 3 is 2.81 bits per heavy atom. The van der Waals surface area contributed by atoms with Gasteiger partial charge in [-0.2, -0.15) is 0 Å².